The van der Waals surface area contributed by atoms with Gasteiger partial charge >= 0.3 is 0 Å². The van der Waals surface area contributed by atoms with Crippen LogP contribution in [0.1, 0.15) is 22.2 Å². The van der Waals surface area contributed by atoms with Crippen LogP contribution >= 0.6 is 34.7 Å². The third kappa shape index (κ3) is 6.05. The minimum absolute atomic E-state index is 0.133. The van der Waals surface area contributed by atoms with Gasteiger partial charge in [-0.05, 0) is 50.2 Å². The molecule has 8 heteroatoms. The van der Waals surface area contributed by atoms with Crippen LogP contribution in [0.25, 0.3) is 11.3 Å². The van der Waals surface area contributed by atoms with Crippen LogP contribution in [-0.4, -0.2) is 22.0 Å². The third-order valence-electron chi connectivity index (χ3n) is 4.93. The summed E-state index contributed by atoms with van der Waals surface area (Å²) in [6.07, 6.45) is 0. The SMILES string of the molecule is Cc1sc(NC(=O)C(C)Sc2cccc(NC(=O)c3cccc(Cl)c3)c2)nc1-c1ccccc1. The third-order valence-corrected chi connectivity index (χ3v) is 7.15. The van der Waals surface area contributed by atoms with E-state index in [0.717, 1.165) is 21.0 Å². The van der Waals surface area contributed by atoms with Gasteiger partial charge in [0.1, 0.15) is 0 Å². The largest absolute Gasteiger partial charge is 0.322 e. The molecule has 0 saturated carbocycles. The van der Waals surface area contributed by atoms with Crippen molar-refractivity contribution in [2.24, 2.45) is 0 Å². The Morgan fingerprint density at radius 1 is 0.971 bits per heavy atom. The van der Waals surface area contributed by atoms with Gasteiger partial charge in [0.25, 0.3) is 5.91 Å². The molecule has 3 aromatic carbocycles. The van der Waals surface area contributed by atoms with Gasteiger partial charge in [-0.1, -0.05) is 54.1 Å². The fraction of sp³-hybridized carbons (Fsp3) is 0.115. The number of carbonyl (C=O) groups is 2. The van der Waals surface area contributed by atoms with E-state index in [1.165, 1.54) is 23.1 Å². The Labute approximate surface area is 211 Å². The molecule has 0 spiro atoms. The number of aryl methyl sites for hydroxylation is 1. The second-order valence-electron chi connectivity index (χ2n) is 7.53. The maximum Gasteiger partial charge on any atom is 0.255 e. The molecule has 0 aliphatic heterocycles. The summed E-state index contributed by atoms with van der Waals surface area (Å²) in [5.74, 6) is -0.379. The zero-order chi connectivity index (χ0) is 24.1. The molecule has 34 heavy (non-hydrogen) atoms. The van der Waals surface area contributed by atoms with E-state index in [4.69, 9.17) is 11.6 Å². The van der Waals surface area contributed by atoms with Crippen LogP contribution in [0.2, 0.25) is 5.02 Å². The first-order chi connectivity index (χ1) is 16.4. The van der Waals surface area contributed by atoms with Crippen molar-refractivity contribution in [3.8, 4) is 11.3 Å². The first-order valence-electron chi connectivity index (χ1n) is 10.6. The van der Waals surface area contributed by atoms with E-state index in [1.807, 2.05) is 62.4 Å². The van der Waals surface area contributed by atoms with Gasteiger partial charge in [-0.2, -0.15) is 0 Å². The van der Waals surface area contributed by atoms with E-state index < -0.39 is 0 Å². The highest BCUT2D eigenvalue weighted by molar-refractivity contribution is 8.00. The Bertz CT molecular complexity index is 1320. The number of nitrogens with zero attached hydrogens (tertiary/aromatic N) is 1. The molecule has 2 amide bonds. The van der Waals surface area contributed by atoms with Gasteiger partial charge in [0.2, 0.25) is 5.91 Å². The van der Waals surface area contributed by atoms with Crippen molar-refractivity contribution in [2.45, 2.75) is 24.0 Å². The monoisotopic (exact) mass is 507 g/mol. The van der Waals surface area contributed by atoms with E-state index in [1.54, 1.807) is 30.3 Å². The molecule has 1 aromatic heterocycles. The second kappa shape index (κ2) is 10.9. The van der Waals surface area contributed by atoms with Crippen LogP contribution in [0.15, 0.2) is 83.8 Å². The quantitative estimate of drug-likeness (QED) is 0.261. The number of thioether (sulfide) groups is 1. The van der Waals surface area contributed by atoms with E-state index in [-0.39, 0.29) is 17.1 Å². The fourth-order valence-electron chi connectivity index (χ4n) is 3.26. The second-order valence-corrected chi connectivity index (χ2v) is 10.6. The summed E-state index contributed by atoms with van der Waals surface area (Å²) < 4.78 is 0. The molecule has 0 saturated heterocycles. The molecule has 172 valence electrons. The molecule has 1 heterocycles. The highest BCUT2D eigenvalue weighted by atomic mass is 35.5. The van der Waals surface area contributed by atoms with Gasteiger partial charge in [0, 0.05) is 31.6 Å². The summed E-state index contributed by atoms with van der Waals surface area (Å²) >= 11 is 8.85. The van der Waals surface area contributed by atoms with E-state index >= 15 is 0 Å². The Kier molecular flexibility index (Phi) is 7.67. The van der Waals surface area contributed by atoms with Gasteiger partial charge in [-0.25, -0.2) is 4.98 Å². The summed E-state index contributed by atoms with van der Waals surface area (Å²) in [7, 11) is 0. The van der Waals surface area contributed by atoms with Crippen molar-refractivity contribution in [2.75, 3.05) is 10.6 Å². The van der Waals surface area contributed by atoms with Crippen LogP contribution < -0.4 is 10.6 Å². The molecule has 5 nitrogen and oxygen atoms in total. The predicted octanol–water partition coefficient (Wildman–Crippen LogP) is 7.14. The van der Waals surface area contributed by atoms with Crippen LogP contribution in [-0.2, 0) is 4.79 Å². The standard InChI is InChI=1S/C26H22ClN3O2S2/c1-16-23(18-8-4-3-5-9-18)29-26(34-16)30-24(31)17(2)33-22-13-7-12-21(15-22)28-25(32)19-10-6-11-20(27)14-19/h3-15,17H,1-2H3,(H,28,32)(H,29,30,31). The minimum atomic E-state index is -0.358. The average Bonchev–Trinajstić information content (AvgIpc) is 3.19. The smallest absolute Gasteiger partial charge is 0.255 e. The van der Waals surface area contributed by atoms with Crippen molar-refractivity contribution in [1.82, 2.24) is 4.98 Å². The summed E-state index contributed by atoms with van der Waals surface area (Å²) in [6, 6.07) is 24.1. The maximum atomic E-state index is 12.8. The minimum Gasteiger partial charge on any atom is -0.322 e. The Hall–Kier alpha value is -3.13. The molecular formula is C26H22ClN3O2S2. The number of amides is 2. The first-order valence-corrected chi connectivity index (χ1v) is 12.6. The Balaban J connectivity index is 1.39. The Morgan fingerprint density at radius 3 is 2.50 bits per heavy atom. The summed E-state index contributed by atoms with van der Waals surface area (Å²) in [5.41, 5.74) is 3.03. The van der Waals surface area contributed by atoms with Crippen molar-refractivity contribution in [3.63, 3.8) is 0 Å². The molecule has 1 atom stereocenters. The molecule has 4 rings (SSSR count). The summed E-state index contributed by atoms with van der Waals surface area (Å²) in [5, 5.41) is 6.53. The van der Waals surface area contributed by atoms with Crippen LogP contribution in [0.4, 0.5) is 10.8 Å². The fourth-order valence-corrected chi connectivity index (χ4v) is 5.21. The van der Waals surface area contributed by atoms with Crippen LogP contribution in [0.5, 0.6) is 0 Å². The summed E-state index contributed by atoms with van der Waals surface area (Å²) in [6.45, 7) is 3.84. The highest BCUT2D eigenvalue weighted by Crippen LogP contribution is 2.31. The molecule has 0 fully saturated rings. The van der Waals surface area contributed by atoms with E-state index in [9.17, 15) is 9.59 Å². The topological polar surface area (TPSA) is 71.1 Å². The normalized spacial score (nSPS) is 11.6. The number of halogens is 1. The zero-order valence-electron chi connectivity index (χ0n) is 18.5. The molecule has 2 N–H and O–H groups in total. The summed E-state index contributed by atoms with van der Waals surface area (Å²) in [4.78, 5) is 31.8. The maximum absolute atomic E-state index is 12.8. The van der Waals surface area contributed by atoms with E-state index in [2.05, 4.69) is 15.6 Å². The number of carbonyl (C=O) groups excluding carboxylic acids is 2. The van der Waals surface area contributed by atoms with Gasteiger partial charge in [0.05, 0.1) is 10.9 Å². The lowest BCUT2D eigenvalue weighted by Crippen LogP contribution is -2.22. The number of rotatable bonds is 7. The van der Waals surface area contributed by atoms with E-state index in [0.29, 0.717) is 21.4 Å². The molecular weight excluding hydrogens is 486 g/mol. The molecule has 0 aliphatic rings. The number of nitrogens with one attached hydrogen (secondary N) is 2. The molecule has 4 aromatic rings. The molecule has 0 aliphatic carbocycles. The van der Waals surface area contributed by atoms with Gasteiger partial charge in [-0.15, -0.1) is 23.1 Å². The van der Waals surface area contributed by atoms with Crippen LogP contribution in [0, 0.1) is 6.92 Å². The number of hydrogen-bond donors (Lipinski definition) is 2. The number of thiazole rings is 1. The first kappa shape index (κ1) is 24.0. The number of aromatic nitrogens is 1. The Morgan fingerprint density at radius 2 is 1.74 bits per heavy atom. The molecule has 0 radical (unpaired) electrons. The number of anilines is 2. The van der Waals surface area contributed by atoms with Crippen molar-refractivity contribution in [1.29, 1.82) is 0 Å². The lowest BCUT2D eigenvalue weighted by atomic mass is 10.1. The lowest BCUT2D eigenvalue weighted by molar-refractivity contribution is -0.115. The highest BCUT2D eigenvalue weighted by Gasteiger charge is 2.18. The van der Waals surface area contributed by atoms with Crippen molar-refractivity contribution in [3.05, 3.63) is 94.3 Å². The predicted molar refractivity (Wildman–Crippen MR) is 142 cm³/mol. The molecule has 1 unspecified atom stereocenters. The van der Waals surface area contributed by atoms with Gasteiger partial charge < -0.3 is 10.6 Å². The van der Waals surface area contributed by atoms with Crippen LogP contribution in [0.3, 0.4) is 0 Å². The van der Waals surface area contributed by atoms with Crippen molar-refractivity contribution < 1.29 is 9.59 Å². The van der Waals surface area contributed by atoms with Gasteiger partial charge in [0.15, 0.2) is 5.13 Å². The number of benzene rings is 3. The average molecular weight is 508 g/mol. The van der Waals surface area contributed by atoms with Gasteiger partial charge in [-0.3, -0.25) is 9.59 Å². The lowest BCUT2D eigenvalue weighted by Gasteiger charge is -2.12. The van der Waals surface area contributed by atoms with Crippen molar-refractivity contribution >= 4 is 57.3 Å². The zero-order valence-corrected chi connectivity index (χ0v) is 20.9. The molecule has 0 bridgehead atoms. The number of hydrogen-bond acceptors (Lipinski definition) is 5.